The average molecular weight is 331 g/mol. The highest BCUT2D eigenvalue weighted by atomic mass is 16.6. The molecule has 0 aliphatic carbocycles. The van der Waals surface area contributed by atoms with E-state index in [1.165, 1.54) is 19.3 Å². The highest BCUT2D eigenvalue weighted by molar-refractivity contribution is 5.69. The van der Waals surface area contributed by atoms with E-state index >= 15 is 0 Å². The van der Waals surface area contributed by atoms with Crippen molar-refractivity contribution in [3.63, 3.8) is 0 Å². The number of carbonyl (C=O) groups is 2. The van der Waals surface area contributed by atoms with Gasteiger partial charge in [-0.1, -0.05) is 32.6 Å². The minimum atomic E-state index is -0.504. The van der Waals surface area contributed by atoms with Crippen molar-refractivity contribution in [3.8, 4) is 0 Å². The lowest BCUT2D eigenvalue weighted by Crippen LogP contribution is -2.34. The molecule has 1 N–H and O–H groups in total. The average Bonchev–Trinajstić information content (AvgIpc) is 2.44. The summed E-state index contributed by atoms with van der Waals surface area (Å²) in [6, 6.07) is 0. The molecule has 1 amide bonds. The molecule has 0 rings (SSSR count). The molecule has 6 nitrogen and oxygen atoms in total. The molecule has 0 aliphatic rings. The van der Waals surface area contributed by atoms with E-state index < -0.39 is 11.7 Å². The van der Waals surface area contributed by atoms with E-state index in [4.69, 9.17) is 14.2 Å². The number of carbonyl (C=O) groups excluding carboxylic acids is 2. The second-order valence-electron chi connectivity index (χ2n) is 6.43. The van der Waals surface area contributed by atoms with Gasteiger partial charge >= 0.3 is 12.1 Å². The predicted molar refractivity (Wildman–Crippen MR) is 89.4 cm³/mol. The van der Waals surface area contributed by atoms with Crippen molar-refractivity contribution in [3.05, 3.63) is 0 Å². The summed E-state index contributed by atoms with van der Waals surface area (Å²) < 4.78 is 15.4. The molecule has 0 aromatic heterocycles. The Hall–Kier alpha value is -1.30. The Labute approximate surface area is 140 Å². The van der Waals surface area contributed by atoms with E-state index in [2.05, 4.69) is 12.2 Å². The van der Waals surface area contributed by atoms with Crippen molar-refractivity contribution < 1.29 is 23.8 Å². The van der Waals surface area contributed by atoms with Crippen molar-refractivity contribution in [2.75, 3.05) is 26.4 Å². The number of hydrogen-bond acceptors (Lipinski definition) is 5. The van der Waals surface area contributed by atoms with Crippen LogP contribution in [0, 0.1) is 0 Å². The number of amides is 1. The van der Waals surface area contributed by atoms with Gasteiger partial charge in [-0.15, -0.1) is 0 Å². The van der Waals surface area contributed by atoms with Gasteiger partial charge < -0.3 is 19.5 Å². The van der Waals surface area contributed by atoms with Gasteiger partial charge in [0.05, 0.1) is 13.2 Å². The summed E-state index contributed by atoms with van der Waals surface area (Å²) in [5, 5.41) is 2.59. The van der Waals surface area contributed by atoms with Crippen LogP contribution >= 0.6 is 0 Å². The minimum Gasteiger partial charge on any atom is -0.463 e. The Morgan fingerprint density at radius 2 is 1.65 bits per heavy atom. The van der Waals surface area contributed by atoms with E-state index in [1.807, 2.05) is 0 Å². The first-order chi connectivity index (χ1) is 10.8. The predicted octanol–water partition coefficient (Wildman–Crippen LogP) is 3.43. The Morgan fingerprint density at radius 3 is 2.30 bits per heavy atom. The van der Waals surface area contributed by atoms with Gasteiger partial charge in [-0.2, -0.15) is 0 Å². The monoisotopic (exact) mass is 331 g/mol. The SMILES string of the molecule is CCCCCCCC(=O)OCCOCCNC(=O)OC(C)(C)C. The third-order valence-electron chi connectivity index (χ3n) is 2.89. The number of rotatable bonds is 12. The molecule has 0 aromatic rings. The van der Waals surface area contributed by atoms with Gasteiger partial charge in [0.2, 0.25) is 0 Å². The summed E-state index contributed by atoms with van der Waals surface area (Å²) in [7, 11) is 0. The molecule has 23 heavy (non-hydrogen) atoms. The highest BCUT2D eigenvalue weighted by Gasteiger charge is 2.15. The van der Waals surface area contributed by atoms with Crippen LogP contribution in [0.15, 0.2) is 0 Å². The molecule has 0 saturated carbocycles. The number of esters is 1. The molecule has 0 fully saturated rings. The fourth-order valence-electron chi connectivity index (χ4n) is 1.80. The van der Waals surface area contributed by atoms with Crippen molar-refractivity contribution in [2.45, 2.75) is 71.8 Å². The molecule has 0 bridgehead atoms. The third kappa shape index (κ3) is 16.9. The van der Waals surface area contributed by atoms with Crippen molar-refractivity contribution in [2.24, 2.45) is 0 Å². The molecule has 0 aliphatic heterocycles. The molecular weight excluding hydrogens is 298 g/mol. The van der Waals surface area contributed by atoms with Gasteiger partial charge in [0.1, 0.15) is 12.2 Å². The van der Waals surface area contributed by atoms with Crippen LogP contribution in [0.4, 0.5) is 4.79 Å². The minimum absolute atomic E-state index is 0.169. The lowest BCUT2D eigenvalue weighted by atomic mass is 10.1. The molecule has 6 heteroatoms. The molecular formula is C17H33NO5. The maximum absolute atomic E-state index is 11.4. The second-order valence-corrected chi connectivity index (χ2v) is 6.43. The van der Waals surface area contributed by atoms with Crippen molar-refractivity contribution in [1.82, 2.24) is 5.32 Å². The van der Waals surface area contributed by atoms with Crippen LogP contribution in [0.25, 0.3) is 0 Å². The molecule has 0 aromatic carbocycles. The molecule has 136 valence electrons. The summed E-state index contributed by atoms with van der Waals surface area (Å²) in [5.74, 6) is -0.169. The van der Waals surface area contributed by atoms with Crippen LogP contribution in [-0.4, -0.2) is 44.0 Å². The van der Waals surface area contributed by atoms with Gasteiger partial charge in [0.15, 0.2) is 0 Å². The number of alkyl carbamates (subject to hydrolysis) is 1. The fraction of sp³-hybridized carbons (Fsp3) is 0.882. The molecule has 0 heterocycles. The second kappa shape index (κ2) is 13.2. The van der Waals surface area contributed by atoms with Crippen LogP contribution in [-0.2, 0) is 19.0 Å². The summed E-state index contributed by atoms with van der Waals surface area (Å²) in [4.78, 5) is 22.8. The first-order valence-electron chi connectivity index (χ1n) is 8.55. The zero-order valence-corrected chi connectivity index (χ0v) is 15.1. The lowest BCUT2D eigenvalue weighted by molar-refractivity contribution is -0.145. The van der Waals surface area contributed by atoms with Crippen LogP contribution in [0.2, 0.25) is 0 Å². The van der Waals surface area contributed by atoms with E-state index in [-0.39, 0.29) is 12.6 Å². The van der Waals surface area contributed by atoms with Crippen LogP contribution in [0.5, 0.6) is 0 Å². The molecule has 0 atom stereocenters. The van der Waals surface area contributed by atoms with Crippen LogP contribution in [0.3, 0.4) is 0 Å². The zero-order valence-electron chi connectivity index (χ0n) is 15.1. The van der Waals surface area contributed by atoms with Crippen molar-refractivity contribution in [1.29, 1.82) is 0 Å². The lowest BCUT2D eigenvalue weighted by Gasteiger charge is -2.19. The summed E-state index contributed by atoms with van der Waals surface area (Å²) >= 11 is 0. The van der Waals surface area contributed by atoms with E-state index in [9.17, 15) is 9.59 Å². The Morgan fingerprint density at radius 1 is 0.957 bits per heavy atom. The van der Waals surface area contributed by atoms with Gasteiger partial charge in [0, 0.05) is 13.0 Å². The third-order valence-corrected chi connectivity index (χ3v) is 2.89. The number of ether oxygens (including phenoxy) is 3. The normalized spacial score (nSPS) is 11.1. The molecule has 0 saturated heterocycles. The van der Waals surface area contributed by atoms with Crippen molar-refractivity contribution >= 4 is 12.1 Å². The smallest absolute Gasteiger partial charge is 0.407 e. The standard InChI is InChI=1S/C17H33NO5/c1-5-6-7-8-9-10-15(19)22-14-13-21-12-11-18-16(20)23-17(2,3)4/h5-14H2,1-4H3,(H,18,20). The van der Waals surface area contributed by atoms with Crippen LogP contribution in [0.1, 0.15) is 66.2 Å². The van der Waals surface area contributed by atoms with E-state index in [0.29, 0.717) is 26.2 Å². The Bertz CT molecular complexity index is 325. The Kier molecular flexibility index (Phi) is 12.4. The molecule has 0 spiro atoms. The van der Waals surface area contributed by atoms with Gasteiger partial charge in [-0.3, -0.25) is 4.79 Å². The van der Waals surface area contributed by atoms with Gasteiger partial charge in [-0.25, -0.2) is 4.79 Å². The van der Waals surface area contributed by atoms with Gasteiger partial charge in [-0.05, 0) is 27.2 Å². The molecule has 0 radical (unpaired) electrons. The largest absolute Gasteiger partial charge is 0.463 e. The molecule has 0 unspecified atom stereocenters. The maximum Gasteiger partial charge on any atom is 0.407 e. The van der Waals surface area contributed by atoms with Crippen LogP contribution < -0.4 is 5.32 Å². The zero-order chi connectivity index (χ0) is 17.6. The van der Waals surface area contributed by atoms with E-state index in [0.717, 1.165) is 12.8 Å². The maximum atomic E-state index is 11.4. The summed E-state index contributed by atoms with van der Waals surface area (Å²) in [5.41, 5.74) is -0.504. The first kappa shape index (κ1) is 21.7. The number of nitrogens with one attached hydrogen (secondary N) is 1. The highest BCUT2D eigenvalue weighted by Crippen LogP contribution is 2.06. The number of unbranched alkanes of at least 4 members (excludes halogenated alkanes) is 4. The topological polar surface area (TPSA) is 73.9 Å². The first-order valence-corrected chi connectivity index (χ1v) is 8.55. The van der Waals surface area contributed by atoms with E-state index in [1.54, 1.807) is 20.8 Å². The number of hydrogen-bond donors (Lipinski definition) is 1. The Balaban J connectivity index is 3.35. The summed E-state index contributed by atoms with van der Waals surface area (Å²) in [6.07, 6.45) is 5.58. The fourth-order valence-corrected chi connectivity index (χ4v) is 1.80. The van der Waals surface area contributed by atoms with Gasteiger partial charge in [0.25, 0.3) is 0 Å². The summed E-state index contributed by atoms with van der Waals surface area (Å²) in [6.45, 7) is 8.88. The quantitative estimate of drug-likeness (QED) is 0.438.